The Hall–Kier alpha value is -3.81. The first-order valence-electron chi connectivity index (χ1n) is 8.59. The van der Waals surface area contributed by atoms with Crippen LogP contribution in [0.25, 0.3) is 11.8 Å². The number of hydrogen-bond donors (Lipinski definition) is 0. The van der Waals surface area contributed by atoms with Crippen molar-refractivity contribution in [2.75, 3.05) is 7.11 Å². The van der Waals surface area contributed by atoms with Crippen molar-refractivity contribution >= 4 is 29.7 Å². The Morgan fingerprint density at radius 3 is 2.14 bits per heavy atom. The van der Waals surface area contributed by atoms with E-state index in [4.69, 9.17) is 23.7 Å². The van der Waals surface area contributed by atoms with E-state index in [2.05, 4.69) is 0 Å². The van der Waals surface area contributed by atoms with Gasteiger partial charge < -0.3 is 23.7 Å². The summed E-state index contributed by atoms with van der Waals surface area (Å²) in [7, 11) is 1.36. The van der Waals surface area contributed by atoms with E-state index < -0.39 is 17.9 Å². The number of benzene rings is 2. The highest BCUT2D eigenvalue weighted by molar-refractivity contribution is 5.93. The van der Waals surface area contributed by atoms with Gasteiger partial charge in [0.15, 0.2) is 11.5 Å². The normalized spacial score (nSPS) is 11.7. The van der Waals surface area contributed by atoms with Gasteiger partial charge in [-0.15, -0.1) is 0 Å². The predicted octanol–water partition coefficient (Wildman–Crippen LogP) is 3.71. The highest BCUT2D eigenvalue weighted by Gasteiger charge is 2.31. The van der Waals surface area contributed by atoms with Crippen LogP contribution in [0.4, 0.5) is 0 Å². The lowest BCUT2D eigenvalue weighted by Gasteiger charge is -2.19. The molecule has 0 unspecified atom stereocenters. The molecule has 1 aliphatic heterocycles. The third-order valence-corrected chi connectivity index (χ3v) is 3.80. The first kappa shape index (κ1) is 19.9. The third-order valence-electron chi connectivity index (χ3n) is 3.80. The summed E-state index contributed by atoms with van der Waals surface area (Å²) in [6.45, 7) is 3.68. The van der Waals surface area contributed by atoms with Crippen LogP contribution in [0.3, 0.4) is 0 Å². The van der Waals surface area contributed by atoms with E-state index in [1.165, 1.54) is 33.9 Å². The maximum Gasteiger partial charge on any atom is 0.308 e. The lowest BCUT2D eigenvalue weighted by Crippen LogP contribution is -2.10. The molecule has 29 heavy (non-hydrogen) atoms. The minimum atomic E-state index is -0.620. The molecule has 0 aliphatic carbocycles. The van der Waals surface area contributed by atoms with E-state index in [0.717, 1.165) is 0 Å². The Bertz CT molecular complexity index is 1040. The van der Waals surface area contributed by atoms with E-state index >= 15 is 0 Å². The van der Waals surface area contributed by atoms with Gasteiger partial charge >= 0.3 is 17.9 Å². The summed E-state index contributed by atoms with van der Waals surface area (Å²) in [5, 5.41) is 0. The van der Waals surface area contributed by atoms with Crippen molar-refractivity contribution in [3.05, 3.63) is 41.5 Å². The number of carbonyl (C=O) groups excluding carboxylic acids is 3. The monoisotopic (exact) mass is 398 g/mol. The lowest BCUT2D eigenvalue weighted by molar-refractivity contribution is -0.134. The fourth-order valence-electron chi connectivity index (χ4n) is 2.80. The van der Waals surface area contributed by atoms with E-state index in [-0.39, 0.29) is 34.3 Å². The molecular formula is C21H18O8. The molecule has 0 saturated heterocycles. The third kappa shape index (κ3) is 4.21. The Morgan fingerprint density at radius 2 is 1.52 bits per heavy atom. The second kappa shape index (κ2) is 8.05. The van der Waals surface area contributed by atoms with Crippen molar-refractivity contribution in [2.45, 2.75) is 20.8 Å². The average Bonchev–Trinajstić information content (AvgIpc) is 2.79. The molecule has 1 aliphatic rings. The topological polar surface area (TPSA) is 97.4 Å². The summed E-state index contributed by atoms with van der Waals surface area (Å²) < 4.78 is 27.3. The smallest absolute Gasteiger partial charge is 0.308 e. The molecule has 8 heteroatoms. The molecule has 2 aromatic rings. The summed E-state index contributed by atoms with van der Waals surface area (Å²) in [5.74, 6) is -1.29. The molecule has 0 spiro atoms. The van der Waals surface area contributed by atoms with E-state index in [1.807, 2.05) is 0 Å². The molecule has 0 saturated carbocycles. The molecule has 150 valence electrons. The quantitative estimate of drug-likeness (QED) is 0.568. The van der Waals surface area contributed by atoms with Crippen molar-refractivity contribution in [1.29, 1.82) is 0 Å². The van der Waals surface area contributed by atoms with Crippen molar-refractivity contribution in [1.82, 2.24) is 0 Å². The molecule has 0 fully saturated rings. The van der Waals surface area contributed by atoms with Crippen LogP contribution in [-0.4, -0.2) is 25.0 Å². The van der Waals surface area contributed by atoms with Gasteiger partial charge in [-0.2, -0.15) is 0 Å². The fourth-order valence-corrected chi connectivity index (χ4v) is 2.80. The van der Waals surface area contributed by atoms with Crippen LogP contribution in [0.5, 0.6) is 28.7 Å². The Balaban J connectivity index is 2.38. The Kier molecular flexibility index (Phi) is 5.54. The second-order valence-corrected chi connectivity index (χ2v) is 6.04. The summed E-state index contributed by atoms with van der Waals surface area (Å²) in [6, 6.07) is 8.32. The highest BCUT2D eigenvalue weighted by atomic mass is 16.6. The number of ether oxygens (including phenoxy) is 5. The van der Waals surface area contributed by atoms with Crippen LogP contribution in [-0.2, 0) is 19.1 Å². The van der Waals surface area contributed by atoms with Crippen LogP contribution < -0.4 is 18.9 Å². The van der Waals surface area contributed by atoms with Gasteiger partial charge in [-0.3, -0.25) is 14.4 Å². The molecule has 0 bridgehead atoms. The molecule has 0 aromatic heterocycles. The minimum absolute atomic E-state index is 0.00764. The Labute approximate surface area is 166 Å². The molecular weight excluding hydrogens is 380 g/mol. The van der Waals surface area contributed by atoms with Crippen LogP contribution >= 0.6 is 0 Å². The summed E-state index contributed by atoms with van der Waals surface area (Å²) in [4.78, 5) is 35.1. The average molecular weight is 398 g/mol. The van der Waals surface area contributed by atoms with Crippen LogP contribution in [0.1, 0.15) is 31.9 Å². The number of para-hydroxylation sites is 1. The molecule has 8 nitrogen and oxygen atoms in total. The van der Waals surface area contributed by atoms with Crippen molar-refractivity contribution < 1.29 is 38.1 Å². The maximum atomic E-state index is 11.7. The number of rotatable bonds is 4. The molecule has 0 N–H and O–H groups in total. The predicted molar refractivity (Wildman–Crippen MR) is 102 cm³/mol. The SMILES string of the molecule is COc1cc(OC(C)=O)c2c(c1OC(C)=O)Oc1ccccc1C=C2OC(C)=O. The first-order valence-corrected chi connectivity index (χ1v) is 8.59. The zero-order valence-electron chi connectivity index (χ0n) is 16.2. The van der Waals surface area contributed by atoms with E-state index in [1.54, 1.807) is 30.3 Å². The van der Waals surface area contributed by atoms with Gasteiger partial charge in [0.05, 0.1) is 7.11 Å². The fraction of sp³-hybridized carbons (Fsp3) is 0.190. The Morgan fingerprint density at radius 1 is 0.862 bits per heavy atom. The molecule has 0 amide bonds. The molecule has 2 aromatic carbocycles. The standard InChI is InChI=1S/C21H18O8/c1-11(22)26-16-9-14-7-5-6-8-15(14)29-21-19(16)17(27-12(2)23)10-18(25-4)20(21)28-13(3)24/h5-10H,1-4H3. The second-order valence-electron chi connectivity index (χ2n) is 6.04. The van der Waals surface area contributed by atoms with Gasteiger partial charge in [0.2, 0.25) is 5.75 Å². The molecule has 0 radical (unpaired) electrons. The summed E-state index contributed by atoms with van der Waals surface area (Å²) in [6.07, 6.45) is 1.57. The van der Waals surface area contributed by atoms with E-state index in [9.17, 15) is 14.4 Å². The largest absolute Gasteiger partial charge is 0.493 e. The zero-order valence-corrected chi connectivity index (χ0v) is 16.2. The van der Waals surface area contributed by atoms with Gasteiger partial charge in [0.25, 0.3) is 0 Å². The van der Waals surface area contributed by atoms with Crippen LogP contribution in [0, 0.1) is 0 Å². The van der Waals surface area contributed by atoms with Crippen LogP contribution in [0.2, 0.25) is 0 Å². The van der Waals surface area contributed by atoms with Gasteiger partial charge in [0, 0.05) is 32.4 Å². The lowest BCUT2D eigenvalue weighted by atomic mass is 10.1. The van der Waals surface area contributed by atoms with Crippen LogP contribution in [0.15, 0.2) is 30.3 Å². The number of esters is 3. The summed E-state index contributed by atoms with van der Waals surface area (Å²) in [5.41, 5.74) is 0.727. The number of hydrogen-bond acceptors (Lipinski definition) is 8. The molecule has 1 heterocycles. The molecule has 0 atom stereocenters. The summed E-state index contributed by atoms with van der Waals surface area (Å²) >= 11 is 0. The number of fused-ring (bicyclic) bond motifs is 2. The van der Waals surface area contributed by atoms with Gasteiger partial charge in [-0.05, 0) is 12.1 Å². The van der Waals surface area contributed by atoms with Crippen molar-refractivity contribution in [2.24, 2.45) is 0 Å². The van der Waals surface area contributed by atoms with Gasteiger partial charge in [0.1, 0.15) is 22.8 Å². The highest BCUT2D eigenvalue weighted by Crippen LogP contribution is 2.52. The number of carbonyl (C=O) groups is 3. The molecule has 3 rings (SSSR count). The zero-order chi connectivity index (χ0) is 21.1. The van der Waals surface area contributed by atoms with Gasteiger partial charge in [-0.1, -0.05) is 18.2 Å². The maximum absolute atomic E-state index is 11.7. The first-order chi connectivity index (χ1) is 13.8. The minimum Gasteiger partial charge on any atom is -0.493 e. The van der Waals surface area contributed by atoms with E-state index in [0.29, 0.717) is 11.3 Å². The van der Waals surface area contributed by atoms with Crippen molar-refractivity contribution in [3.8, 4) is 28.7 Å². The number of methoxy groups -OCH3 is 1. The van der Waals surface area contributed by atoms with Crippen molar-refractivity contribution in [3.63, 3.8) is 0 Å². The van der Waals surface area contributed by atoms with Gasteiger partial charge in [-0.25, -0.2) is 0 Å².